The molecule has 1 unspecified atom stereocenters. The molecule has 0 saturated carbocycles. The number of para-hydroxylation sites is 1. The first-order valence-corrected chi connectivity index (χ1v) is 6.77. The maximum absolute atomic E-state index is 11.7. The van der Waals surface area contributed by atoms with Crippen molar-refractivity contribution in [1.82, 2.24) is 25.5 Å². The van der Waals surface area contributed by atoms with Crippen molar-refractivity contribution in [2.45, 2.75) is 26.4 Å². The number of tetrazole rings is 1. The Morgan fingerprint density at radius 3 is 2.67 bits per heavy atom. The van der Waals surface area contributed by atoms with Crippen molar-refractivity contribution in [3.63, 3.8) is 0 Å². The molecule has 21 heavy (non-hydrogen) atoms. The predicted molar refractivity (Wildman–Crippen MR) is 76.6 cm³/mol. The van der Waals surface area contributed by atoms with Crippen LogP contribution in [0.1, 0.15) is 19.7 Å². The summed E-state index contributed by atoms with van der Waals surface area (Å²) in [5, 5.41) is 14.8. The minimum Gasteiger partial charge on any atom is -0.468 e. The Kier molecular flexibility index (Phi) is 4.99. The van der Waals surface area contributed by atoms with Crippen molar-refractivity contribution in [2.24, 2.45) is 5.92 Å². The quantitative estimate of drug-likeness (QED) is 0.797. The molecule has 0 fully saturated rings. The van der Waals surface area contributed by atoms with Crippen LogP contribution in [0.25, 0.3) is 5.69 Å². The zero-order valence-corrected chi connectivity index (χ0v) is 12.4. The van der Waals surface area contributed by atoms with Gasteiger partial charge in [0.2, 0.25) is 0 Å². The normalized spacial score (nSPS) is 12.4. The molecule has 0 saturated heterocycles. The number of methoxy groups -OCH3 is 1. The van der Waals surface area contributed by atoms with E-state index in [1.807, 2.05) is 44.2 Å². The summed E-state index contributed by atoms with van der Waals surface area (Å²) in [6.45, 7) is 4.28. The molecule has 0 spiro atoms. The summed E-state index contributed by atoms with van der Waals surface area (Å²) < 4.78 is 6.44. The van der Waals surface area contributed by atoms with Crippen LogP contribution in [0.4, 0.5) is 0 Å². The van der Waals surface area contributed by atoms with E-state index in [-0.39, 0.29) is 11.9 Å². The first-order chi connectivity index (χ1) is 10.1. The standard InChI is InChI=1S/C14H19N5O2/c1-10(2)13(14(20)21-3)15-9-12-16-17-18-19(12)11-7-5-4-6-8-11/h4-8,10,13,15H,9H2,1-3H3. The molecule has 2 rings (SSSR count). The second-order valence-electron chi connectivity index (χ2n) is 4.97. The molecule has 1 atom stereocenters. The topological polar surface area (TPSA) is 81.9 Å². The molecule has 0 bridgehead atoms. The summed E-state index contributed by atoms with van der Waals surface area (Å²) in [7, 11) is 1.38. The lowest BCUT2D eigenvalue weighted by molar-refractivity contribution is -0.144. The Hall–Kier alpha value is -2.28. The number of nitrogens with one attached hydrogen (secondary N) is 1. The maximum atomic E-state index is 11.7. The van der Waals surface area contributed by atoms with Gasteiger partial charge in [-0.25, -0.2) is 0 Å². The molecule has 7 heteroatoms. The van der Waals surface area contributed by atoms with E-state index in [0.29, 0.717) is 12.4 Å². The fourth-order valence-corrected chi connectivity index (χ4v) is 2.01. The van der Waals surface area contributed by atoms with E-state index in [0.717, 1.165) is 5.69 Å². The minimum absolute atomic E-state index is 0.110. The van der Waals surface area contributed by atoms with Gasteiger partial charge in [-0.1, -0.05) is 32.0 Å². The van der Waals surface area contributed by atoms with E-state index >= 15 is 0 Å². The number of hydrogen-bond acceptors (Lipinski definition) is 6. The van der Waals surface area contributed by atoms with E-state index in [4.69, 9.17) is 4.74 Å². The fourth-order valence-electron chi connectivity index (χ4n) is 2.01. The summed E-state index contributed by atoms with van der Waals surface area (Å²) in [6, 6.07) is 9.20. The van der Waals surface area contributed by atoms with E-state index in [9.17, 15) is 4.79 Å². The summed E-state index contributed by atoms with van der Waals surface area (Å²) >= 11 is 0. The first kappa shape index (κ1) is 15.1. The van der Waals surface area contributed by atoms with Gasteiger partial charge in [0, 0.05) is 0 Å². The van der Waals surface area contributed by atoms with Crippen LogP contribution in [0.3, 0.4) is 0 Å². The van der Waals surface area contributed by atoms with Crippen LogP contribution in [0.5, 0.6) is 0 Å². The van der Waals surface area contributed by atoms with Crippen LogP contribution in [0.15, 0.2) is 30.3 Å². The van der Waals surface area contributed by atoms with Crippen molar-refractivity contribution in [2.75, 3.05) is 7.11 Å². The van der Waals surface area contributed by atoms with Gasteiger partial charge in [0.15, 0.2) is 5.82 Å². The molecule has 0 aliphatic rings. The molecular weight excluding hydrogens is 270 g/mol. The minimum atomic E-state index is -0.393. The molecule has 1 aromatic heterocycles. The van der Waals surface area contributed by atoms with Crippen molar-refractivity contribution in [1.29, 1.82) is 0 Å². The number of nitrogens with zero attached hydrogens (tertiary/aromatic N) is 4. The third-order valence-electron chi connectivity index (χ3n) is 3.14. The zero-order valence-electron chi connectivity index (χ0n) is 12.4. The number of rotatable bonds is 6. The molecule has 1 aromatic carbocycles. The zero-order chi connectivity index (χ0) is 15.2. The summed E-state index contributed by atoms with van der Waals surface area (Å²) in [5.74, 6) is 0.456. The third-order valence-corrected chi connectivity index (χ3v) is 3.14. The molecule has 112 valence electrons. The fraction of sp³-hybridized carbons (Fsp3) is 0.429. The van der Waals surface area contributed by atoms with Gasteiger partial charge in [0.05, 0.1) is 19.3 Å². The molecule has 0 amide bonds. The van der Waals surface area contributed by atoms with Gasteiger partial charge in [-0.15, -0.1) is 5.10 Å². The van der Waals surface area contributed by atoms with Crippen LogP contribution in [0.2, 0.25) is 0 Å². The van der Waals surface area contributed by atoms with Crippen molar-refractivity contribution < 1.29 is 9.53 Å². The number of carbonyl (C=O) groups excluding carboxylic acids is 1. The molecule has 2 aromatic rings. The van der Waals surface area contributed by atoms with Gasteiger partial charge < -0.3 is 4.74 Å². The Morgan fingerprint density at radius 1 is 1.33 bits per heavy atom. The molecule has 0 aliphatic heterocycles. The van der Waals surface area contributed by atoms with Crippen LogP contribution < -0.4 is 5.32 Å². The van der Waals surface area contributed by atoms with Gasteiger partial charge in [0.1, 0.15) is 6.04 Å². The van der Waals surface area contributed by atoms with Crippen molar-refractivity contribution >= 4 is 5.97 Å². The lowest BCUT2D eigenvalue weighted by atomic mass is 10.0. The maximum Gasteiger partial charge on any atom is 0.323 e. The van der Waals surface area contributed by atoms with E-state index in [1.54, 1.807) is 4.68 Å². The predicted octanol–water partition coefficient (Wildman–Crippen LogP) is 0.949. The van der Waals surface area contributed by atoms with Crippen LogP contribution in [-0.2, 0) is 16.1 Å². The molecule has 1 N–H and O–H groups in total. The Labute approximate surface area is 123 Å². The number of aromatic nitrogens is 4. The molecule has 0 radical (unpaired) electrons. The molecule has 0 aliphatic carbocycles. The van der Waals surface area contributed by atoms with E-state index in [1.165, 1.54) is 7.11 Å². The number of benzene rings is 1. The smallest absolute Gasteiger partial charge is 0.323 e. The SMILES string of the molecule is COC(=O)C(NCc1nnnn1-c1ccccc1)C(C)C. The number of ether oxygens (including phenoxy) is 1. The highest BCUT2D eigenvalue weighted by Crippen LogP contribution is 2.08. The molecule has 1 heterocycles. The van der Waals surface area contributed by atoms with Crippen LogP contribution in [0, 0.1) is 5.92 Å². The Bertz CT molecular complexity index is 582. The van der Waals surface area contributed by atoms with Gasteiger partial charge in [-0.3, -0.25) is 10.1 Å². The van der Waals surface area contributed by atoms with E-state index in [2.05, 4.69) is 20.8 Å². The lowest BCUT2D eigenvalue weighted by Crippen LogP contribution is -2.41. The summed E-state index contributed by atoms with van der Waals surface area (Å²) in [6.07, 6.45) is 0. The number of hydrogen-bond donors (Lipinski definition) is 1. The van der Waals surface area contributed by atoms with Crippen LogP contribution >= 0.6 is 0 Å². The highest BCUT2D eigenvalue weighted by Gasteiger charge is 2.23. The van der Waals surface area contributed by atoms with Gasteiger partial charge in [0.25, 0.3) is 0 Å². The van der Waals surface area contributed by atoms with E-state index < -0.39 is 6.04 Å². The lowest BCUT2D eigenvalue weighted by Gasteiger charge is -2.19. The third kappa shape index (κ3) is 3.63. The highest BCUT2D eigenvalue weighted by molar-refractivity contribution is 5.75. The summed E-state index contributed by atoms with van der Waals surface area (Å²) in [4.78, 5) is 11.7. The average Bonchev–Trinajstić information content (AvgIpc) is 2.96. The van der Waals surface area contributed by atoms with Gasteiger partial charge in [-0.05, 0) is 28.5 Å². The highest BCUT2D eigenvalue weighted by atomic mass is 16.5. The number of esters is 1. The van der Waals surface area contributed by atoms with Crippen molar-refractivity contribution in [3.8, 4) is 5.69 Å². The largest absolute Gasteiger partial charge is 0.468 e. The summed E-state index contributed by atoms with van der Waals surface area (Å²) in [5.41, 5.74) is 0.874. The second-order valence-corrected chi connectivity index (χ2v) is 4.97. The number of carbonyl (C=O) groups is 1. The molecular formula is C14H19N5O2. The average molecular weight is 289 g/mol. The van der Waals surface area contributed by atoms with Gasteiger partial charge in [-0.2, -0.15) is 4.68 Å². The second kappa shape index (κ2) is 6.94. The van der Waals surface area contributed by atoms with Crippen molar-refractivity contribution in [3.05, 3.63) is 36.2 Å². The van der Waals surface area contributed by atoms with Gasteiger partial charge >= 0.3 is 5.97 Å². The Balaban J connectivity index is 2.11. The monoisotopic (exact) mass is 289 g/mol. The molecule has 7 nitrogen and oxygen atoms in total. The van der Waals surface area contributed by atoms with Crippen LogP contribution in [-0.4, -0.2) is 39.3 Å². The Morgan fingerprint density at radius 2 is 2.05 bits per heavy atom. The first-order valence-electron chi connectivity index (χ1n) is 6.77.